The first-order valence-corrected chi connectivity index (χ1v) is 6.78. The fraction of sp³-hybridized carbons (Fsp3) is 0.188. The van der Waals surface area contributed by atoms with Crippen molar-refractivity contribution in [2.45, 2.75) is 13.0 Å². The highest BCUT2D eigenvalue weighted by atomic mass is 19.1. The highest BCUT2D eigenvalue weighted by molar-refractivity contribution is 5.97. The maximum absolute atomic E-state index is 14.3. The maximum atomic E-state index is 14.3. The lowest BCUT2D eigenvalue weighted by Gasteiger charge is -2.31. The van der Waals surface area contributed by atoms with Crippen molar-refractivity contribution in [2.24, 2.45) is 10.9 Å². The summed E-state index contributed by atoms with van der Waals surface area (Å²) < 4.78 is 14.3. The van der Waals surface area contributed by atoms with E-state index in [1.807, 2.05) is 17.0 Å². The van der Waals surface area contributed by atoms with Crippen molar-refractivity contribution in [3.63, 3.8) is 0 Å². The molecule has 1 aliphatic rings. The van der Waals surface area contributed by atoms with Gasteiger partial charge >= 0.3 is 0 Å². The Morgan fingerprint density at radius 1 is 1.19 bits per heavy atom. The zero-order valence-electron chi connectivity index (χ0n) is 11.5. The molecule has 3 N–H and O–H groups in total. The fourth-order valence-electron chi connectivity index (χ4n) is 2.68. The normalized spacial score (nSPS) is 14.9. The molecule has 2 aromatic rings. The first-order valence-electron chi connectivity index (χ1n) is 6.78. The molecule has 1 heterocycles. The van der Waals surface area contributed by atoms with Crippen molar-refractivity contribution in [1.82, 2.24) is 0 Å². The van der Waals surface area contributed by atoms with E-state index in [-0.39, 0.29) is 11.7 Å². The third kappa shape index (κ3) is 2.54. The summed E-state index contributed by atoms with van der Waals surface area (Å²) in [7, 11) is 0. The molecule has 3 rings (SSSR count). The zero-order chi connectivity index (χ0) is 14.8. The molecule has 0 saturated carbocycles. The second-order valence-electron chi connectivity index (χ2n) is 5.09. The molecule has 4 nitrogen and oxygen atoms in total. The predicted octanol–water partition coefficient (Wildman–Crippen LogP) is 2.48. The van der Waals surface area contributed by atoms with E-state index in [9.17, 15) is 4.39 Å². The Morgan fingerprint density at radius 2 is 1.95 bits per heavy atom. The molecule has 0 saturated heterocycles. The van der Waals surface area contributed by atoms with Crippen LogP contribution in [-0.4, -0.2) is 17.6 Å². The summed E-state index contributed by atoms with van der Waals surface area (Å²) in [4.78, 5) is 2.01. The molecule has 0 amide bonds. The standard InChI is InChI=1S/C16H16FN3O/c17-14-9-12(16(18)19-21)5-6-15(14)20-8-7-11-3-1-2-4-13(11)10-20/h1-6,9,21H,7-8,10H2,(H2,18,19). The van der Waals surface area contributed by atoms with Gasteiger partial charge in [-0.3, -0.25) is 0 Å². The van der Waals surface area contributed by atoms with E-state index < -0.39 is 0 Å². The molecule has 5 heteroatoms. The monoisotopic (exact) mass is 285 g/mol. The largest absolute Gasteiger partial charge is 0.409 e. The van der Waals surface area contributed by atoms with Gasteiger partial charge in [-0.2, -0.15) is 0 Å². The third-order valence-corrected chi connectivity index (χ3v) is 3.82. The Balaban J connectivity index is 1.89. The van der Waals surface area contributed by atoms with Crippen molar-refractivity contribution in [3.8, 4) is 0 Å². The van der Waals surface area contributed by atoms with Crippen LogP contribution in [0.4, 0.5) is 10.1 Å². The van der Waals surface area contributed by atoms with E-state index in [4.69, 9.17) is 10.9 Å². The third-order valence-electron chi connectivity index (χ3n) is 3.82. The Kier molecular flexibility index (Phi) is 3.48. The molecule has 21 heavy (non-hydrogen) atoms. The molecule has 0 aliphatic carbocycles. The molecule has 0 aromatic heterocycles. The van der Waals surface area contributed by atoms with Gasteiger partial charge in [0.1, 0.15) is 5.82 Å². The van der Waals surface area contributed by atoms with Crippen LogP contribution in [0, 0.1) is 5.82 Å². The summed E-state index contributed by atoms with van der Waals surface area (Å²) in [6.45, 7) is 1.47. The SMILES string of the molecule is N/C(=N\O)c1ccc(N2CCc3ccccc3C2)c(F)c1. The minimum Gasteiger partial charge on any atom is -0.409 e. The Bertz CT molecular complexity index is 700. The van der Waals surface area contributed by atoms with Crippen molar-refractivity contribution < 1.29 is 9.60 Å². The van der Waals surface area contributed by atoms with Crippen LogP contribution in [0.3, 0.4) is 0 Å². The van der Waals surface area contributed by atoms with Crippen LogP contribution in [0.5, 0.6) is 0 Å². The summed E-state index contributed by atoms with van der Waals surface area (Å²) in [6.07, 6.45) is 0.900. The van der Waals surface area contributed by atoms with Crippen molar-refractivity contribution in [1.29, 1.82) is 0 Å². The average Bonchev–Trinajstić information content (AvgIpc) is 2.53. The lowest BCUT2D eigenvalue weighted by molar-refractivity contribution is 0.318. The molecule has 0 unspecified atom stereocenters. The second-order valence-corrected chi connectivity index (χ2v) is 5.09. The van der Waals surface area contributed by atoms with E-state index in [1.54, 1.807) is 12.1 Å². The molecule has 0 bridgehead atoms. The smallest absolute Gasteiger partial charge is 0.170 e. The van der Waals surface area contributed by atoms with Crippen LogP contribution < -0.4 is 10.6 Å². The molecular weight excluding hydrogens is 269 g/mol. The molecule has 0 atom stereocenters. The van der Waals surface area contributed by atoms with Gasteiger partial charge < -0.3 is 15.8 Å². The number of benzene rings is 2. The molecule has 2 aromatic carbocycles. The summed E-state index contributed by atoms with van der Waals surface area (Å²) in [5.41, 5.74) is 8.93. The maximum Gasteiger partial charge on any atom is 0.170 e. The van der Waals surface area contributed by atoms with Crippen molar-refractivity contribution in [2.75, 3.05) is 11.4 Å². The van der Waals surface area contributed by atoms with E-state index in [2.05, 4.69) is 17.3 Å². The van der Waals surface area contributed by atoms with Gasteiger partial charge in [0, 0.05) is 18.7 Å². The summed E-state index contributed by atoms with van der Waals surface area (Å²) >= 11 is 0. The highest BCUT2D eigenvalue weighted by Crippen LogP contribution is 2.27. The first kappa shape index (κ1) is 13.4. The quantitative estimate of drug-likeness (QED) is 0.386. The van der Waals surface area contributed by atoms with Gasteiger partial charge in [-0.15, -0.1) is 0 Å². The number of hydrogen-bond donors (Lipinski definition) is 2. The number of halogens is 1. The van der Waals surface area contributed by atoms with Crippen LogP contribution in [-0.2, 0) is 13.0 Å². The topological polar surface area (TPSA) is 61.9 Å². The number of rotatable bonds is 2. The van der Waals surface area contributed by atoms with Crippen LogP contribution in [0.1, 0.15) is 16.7 Å². The van der Waals surface area contributed by atoms with E-state index in [1.165, 1.54) is 17.2 Å². The van der Waals surface area contributed by atoms with Gasteiger partial charge in [-0.25, -0.2) is 4.39 Å². The van der Waals surface area contributed by atoms with Crippen LogP contribution in [0.2, 0.25) is 0 Å². The van der Waals surface area contributed by atoms with Gasteiger partial charge in [0.05, 0.1) is 5.69 Å². The molecule has 0 radical (unpaired) electrons. The minimum absolute atomic E-state index is 0.0931. The molecular formula is C16H16FN3O. The number of fused-ring (bicyclic) bond motifs is 1. The molecule has 0 spiro atoms. The molecule has 108 valence electrons. The lowest BCUT2D eigenvalue weighted by atomic mass is 9.99. The molecule has 0 fully saturated rings. The predicted molar refractivity (Wildman–Crippen MR) is 80.1 cm³/mol. The molecule has 1 aliphatic heterocycles. The number of nitrogens with zero attached hydrogens (tertiary/aromatic N) is 2. The fourth-order valence-corrected chi connectivity index (χ4v) is 2.68. The van der Waals surface area contributed by atoms with E-state index >= 15 is 0 Å². The van der Waals surface area contributed by atoms with Gasteiger partial charge in [0.15, 0.2) is 5.84 Å². The van der Waals surface area contributed by atoms with Gasteiger partial charge in [-0.05, 0) is 35.7 Å². The Hall–Kier alpha value is -2.56. The first-order chi connectivity index (χ1) is 10.2. The highest BCUT2D eigenvalue weighted by Gasteiger charge is 2.19. The number of nitrogens with two attached hydrogens (primary N) is 1. The summed E-state index contributed by atoms with van der Waals surface area (Å²) in [6, 6.07) is 12.9. The lowest BCUT2D eigenvalue weighted by Crippen LogP contribution is -2.31. The van der Waals surface area contributed by atoms with Crippen molar-refractivity contribution >= 4 is 11.5 Å². The Morgan fingerprint density at radius 3 is 2.67 bits per heavy atom. The van der Waals surface area contributed by atoms with Gasteiger partial charge in [0.25, 0.3) is 0 Å². The zero-order valence-corrected chi connectivity index (χ0v) is 11.5. The second kappa shape index (κ2) is 5.44. The number of anilines is 1. The summed E-state index contributed by atoms with van der Waals surface area (Å²) in [5, 5.41) is 11.5. The van der Waals surface area contributed by atoms with Gasteiger partial charge in [0.2, 0.25) is 0 Å². The summed E-state index contributed by atoms with van der Waals surface area (Å²) in [5.74, 6) is -0.456. The minimum atomic E-state index is -0.363. The average molecular weight is 285 g/mol. The number of oxime groups is 1. The van der Waals surface area contributed by atoms with Crippen LogP contribution in [0.15, 0.2) is 47.6 Å². The van der Waals surface area contributed by atoms with Crippen LogP contribution >= 0.6 is 0 Å². The number of hydrogen-bond acceptors (Lipinski definition) is 3. The van der Waals surface area contributed by atoms with Crippen LogP contribution in [0.25, 0.3) is 0 Å². The van der Waals surface area contributed by atoms with E-state index in [0.29, 0.717) is 17.8 Å². The van der Waals surface area contributed by atoms with Gasteiger partial charge in [-0.1, -0.05) is 29.4 Å². The Labute approximate surface area is 122 Å². The van der Waals surface area contributed by atoms with Crippen molar-refractivity contribution in [3.05, 3.63) is 65.0 Å². The van der Waals surface area contributed by atoms with E-state index in [0.717, 1.165) is 13.0 Å². The number of amidine groups is 1.